The zero-order valence-electron chi connectivity index (χ0n) is 15.0. The molecule has 10 heteroatoms. The Morgan fingerprint density at radius 1 is 1.07 bits per heavy atom. The molecule has 1 fully saturated rings. The fourth-order valence-electron chi connectivity index (χ4n) is 3.06. The summed E-state index contributed by atoms with van der Waals surface area (Å²) in [5.41, 5.74) is 0.263. The van der Waals surface area contributed by atoms with Crippen molar-refractivity contribution in [1.82, 2.24) is 4.31 Å². The normalized spacial score (nSPS) is 18.1. The Morgan fingerprint density at radius 2 is 1.75 bits per heavy atom. The molecule has 2 aromatic rings. The first kappa shape index (κ1) is 20.4. The molecule has 0 radical (unpaired) electrons. The Hall–Kier alpha value is -2.30. The highest BCUT2D eigenvalue weighted by atomic mass is 32.2. The molecular weight excluding hydrogens is 407 g/mol. The molecule has 1 saturated heterocycles. The lowest BCUT2D eigenvalue weighted by Crippen LogP contribution is -2.43. The number of amides is 1. The third-order valence-electron chi connectivity index (χ3n) is 4.46. The van der Waals surface area contributed by atoms with Crippen LogP contribution in [0.25, 0.3) is 0 Å². The number of halogens is 1. The van der Waals surface area contributed by atoms with Crippen molar-refractivity contribution in [3.8, 4) is 0 Å². The van der Waals surface area contributed by atoms with Crippen LogP contribution in [0.2, 0.25) is 0 Å². The monoisotopic (exact) mass is 426 g/mol. The number of hydrogen-bond donors (Lipinski definition) is 1. The molecule has 28 heavy (non-hydrogen) atoms. The van der Waals surface area contributed by atoms with E-state index in [-0.39, 0.29) is 22.0 Å². The highest BCUT2D eigenvalue weighted by Gasteiger charge is 2.39. The summed E-state index contributed by atoms with van der Waals surface area (Å²) in [7, 11) is -7.41. The van der Waals surface area contributed by atoms with Crippen molar-refractivity contribution >= 4 is 31.5 Å². The molecule has 0 bridgehead atoms. The highest BCUT2D eigenvalue weighted by molar-refractivity contribution is 7.90. The Balaban J connectivity index is 1.83. The molecule has 1 aliphatic rings. The number of carbonyl (C=O) groups is 1. The van der Waals surface area contributed by atoms with Crippen LogP contribution in [-0.2, 0) is 24.7 Å². The molecule has 0 aliphatic carbocycles. The fourth-order valence-corrected chi connectivity index (χ4v) is 5.39. The van der Waals surface area contributed by atoms with Crippen molar-refractivity contribution in [3.05, 3.63) is 54.3 Å². The van der Waals surface area contributed by atoms with Crippen molar-refractivity contribution in [2.24, 2.45) is 0 Å². The van der Waals surface area contributed by atoms with Crippen molar-refractivity contribution in [3.63, 3.8) is 0 Å². The first-order valence-corrected chi connectivity index (χ1v) is 11.8. The second-order valence-electron chi connectivity index (χ2n) is 6.52. The molecule has 1 heterocycles. The van der Waals surface area contributed by atoms with E-state index in [0.29, 0.717) is 12.8 Å². The quantitative estimate of drug-likeness (QED) is 0.788. The van der Waals surface area contributed by atoms with E-state index in [2.05, 4.69) is 5.32 Å². The first-order valence-electron chi connectivity index (χ1n) is 8.47. The number of nitrogens with zero attached hydrogens (tertiary/aromatic N) is 1. The second-order valence-corrected chi connectivity index (χ2v) is 10.4. The molecule has 0 aromatic heterocycles. The zero-order chi connectivity index (χ0) is 20.5. The van der Waals surface area contributed by atoms with Gasteiger partial charge in [-0.1, -0.05) is 6.07 Å². The molecule has 1 amide bonds. The summed E-state index contributed by atoms with van der Waals surface area (Å²) in [5, 5.41) is 2.59. The number of sulfonamides is 1. The van der Waals surface area contributed by atoms with Crippen LogP contribution in [0.4, 0.5) is 10.1 Å². The first-order chi connectivity index (χ1) is 13.1. The number of anilines is 1. The lowest BCUT2D eigenvalue weighted by atomic mass is 10.2. The van der Waals surface area contributed by atoms with Crippen LogP contribution in [0.5, 0.6) is 0 Å². The smallest absolute Gasteiger partial charge is 0.243 e. The number of nitrogens with one attached hydrogen (secondary N) is 1. The molecule has 1 N–H and O–H groups in total. The molecular formula is C18H19FN2O5S2. The van der Waals surface area contributed by atoms with Gasteiger partial charge < -0.3 is 5.32 Å². The Bertz CT molecular complexity index is 1100. The standard InChI is InChI=1S/C18H19FN2O5S2/c1-27(23,24)16-5-2-4-14(12-16)20-18(22)17-6-3-11-21(17)28(25,26)15-9-7-13(19)8-10-15/h2,4-5,7-10,12,17H,3,6,11H2,1H3,(H,20,22)/t17-/m1/s1. The molecule has 0 spiro atoms. The minimum absolute atomic E-state index is 0.0486. The molecule has 1 atom stereocenters. The van der Waals surface area contributed by atoms with Crippen molar-refractivity contribution in [2.45, 2.75) is 28.7 Å². The van der Waals surface area contributed by atoms with Gasteiger partial charge in [-0.2, -0.15) is 4.31 Å². The average molecular weight is 426 g/mol. The molecule has 0 saturated carbocycles. The maximum Gasteiger partial charge on any atom is 0.243 e. The van der Waals surface area contributed by atoms with Gasteiger partial charge in [-0.25, -0.2) is 21.2 Å². The topological polar surface area (TPSA) is 101 Å². The van der Waals surface area contributed by atoms with Crippen LogP contribution in [0, 0.1) is 5.82 Å². The van der Waals surface area contributed by atoms with E-state index in [4.69, 9.17) is 0 Å². The van der Waals surface area contributed by atoms with Crippen LogP contribution in [0.15, 0.2) is 58.3 Å². The van der Waals surface area contributed by atoms with Gasteiger partial charge in [0.1, 0.15) is 11.9 Å². The Labute approximate surface area is 163 Å². The summed E-state index contributed by atoms with van der Waals surface area (Å²) < 4.78 is 63.2. The largest absolute Gasteiger partial charge is 0.325 e. The van der Waals surface area contributed by atoms with E-state index >= 15 is 0 Å². The van der Waals surface area contributed by atoms with Gasteiger partial charge in [-0.15, -0.1) is 0 Å². The zero-order valence-corrected chi connectivity index (χ0v) is 16.6. The van der Waals surface area contributed by atoms with Gasteiger partial charge >= 0.3 is 0 Å². The fraction of sp³-hybridized carbons (Fsp3) is 0.278. The highest BCUT2D eigenvalue weighted by Crippen LogP contribution is 2.27. The van der Waals surface area contributed by atoms with E-state index in [9.17, 15) is 26.0 Å². The van der Waals surface area contributed by atoms with Crippen molar-refractivity contribution in [2.75, 3.05) is 18.1 Å². The number of benzene rings is 2. The summed E-state index contributed by atoms with van der Waals surface area (Å²) in [6.07, 6.45) is 1.89. The second kappa shape index (κ2) is 7.61. The van der Waals surface area contributed by atoms with Gasteiger partial charge in [0.2, 0.25) is 15.9 Å². The van der Waals surface area contributed by atoms with Crippen LogP contribution in [0.3, 0.4) is 0 Å². The van der Waals surface area contributed by atoms with E-state index in [0.717, 1.165) is 34.8 Å². The third kappa shape index (κ3) is 4.23. The lowest BCUT2D eigenvalue weighted by molar-refractivity contribution is -0.119. The summed E-state index contributed by atoms with van der Waals surface area (Å²) in [6, 6.07) is 9.24. The van der Waals surface area contributed by atoms with Gasteiger partial charge in [-0.3, -0.25) is 4.79 Å². The minimum Gasteiger partial charge on any atom is -0.325 e. The van der Waals surface area contributed by atoms with E-state index < -0.39 is 37.6 Å². The molecule has 1 aliphatic heterocycles. The predicted molar refractivity (Wildman–Crippen MR) is 101 cm³/mol. The van der Waals surface area contributed by atoms with E-state index in [1.165, 1.54) is 24.3 Å². The molecule has 150 valence electrons. The van der Waals surface area contributed by atoms with Gasteiger partial charge in [0.25, 0.3) is 0 Å². The van der Waals surface area contributed by atoms with Gasteiger partial charge in [0, 0.05) is 18.5 Å². The van der Waals surface area contributed by atoms with Crippen LogP contribution >= 0.6 is 0 Å². The maximum atomic E-state index is 13.1. The van der Waals surface area contributed by atoms with E-state index in [1.807, 2.05) is 0 Å². The van der Waals surface area contributed by atoms with Crippen molar-refractivity contribution in [1.29, 1.82) is 0 Å². The average Bonchev–Trinajstić information content (AvgIpc) is 3.12. The maximum absolute atomic E-state index is 13.1. The lowest BCUT2D eigenvalue weighted by Gasteiger charge is -2.23. The SMILES string of the molecule is CS(=O)(=O)c1cccc(NC(=O)[C@H]2CCCN2S(=O)(=O)c2ccc(F)cc2)c1. The van der Waals surface area contributed by atoms with Gasteiger partial charge in [-0.05, 0) is 55.3 Å². The predicted octanol–water partition coefficient (Wildman–Crippen LogP) is 2.02. The molecule has 3 rings (SSSR count). The van der Waals surface area contributed by atoms with E-state index in [1.54, 1.807) is 0 Å². The number of rotatable bonds is 5. The summed E-state index contributed by atoms with van der Waals surface area (Å²) >= 11 is 0. The van der Waals surface area contributed by atoms with Crippen LogP contribution in [-0.4, -0.2) is 45.9 Å². The summed E-state index contributed by atoms with van der Waals surface area (Å²) in [5.74, 6) is -1.10. The molecule has 0 unspecified atom stereocenters. The summed E-state index contributed by atoms with van der Waals surface area (Å²) in [6.45, 7) is 0.168. The minimum atomic E-state index is -3.96. The molecule has 2 aromatic carbocycles. The van der Waals surface area contributed by atoms with Crippen LogP contribution in [0.1, 0.15) is 12.8 Å². The Kier molecular flexibility index (Phi) is 5.55. The Morgan fingerprint density at radius 3 is 2.39 bits per heavy atom. The summed E-state index contributed by atoms with van der Waals surface area (Å²) in [4.78, 5) is 12.7. The number of sulfone groups is 1. The van der Waals surface area contributed by atoms with Crippen molar-refractivity contribution < 1.29 is 26.0 Å². The van der Waals surface area contributed by atoms with Crippen LogP contribution < -0.4 is 5.32 Å². The number of hydrogen-bond acceptors (Lipinski definition) is 5. The number of carbonyl (C=O) groups excluding carboxylic acids is 1. The molecule has 7 nitrogen and oxygen atoms in total. The van der Waals surface area contributed by atoms with Gasteiger partial charge in [0.05, 0.1) is 9.79 Å². The van der Waals surface area contributed by atoms with Gasteiger partial charge in [0.15, 0.2) is 9.84 Å². The third-order valence-corrected chi connectivity index (χ3v) is 7.49.